The number of rotatable bonds is 0. The molecule has 0 radical (unpaired) electrons. The van der Waals surface area contributed by atoms with Crippen molar-refractivity contribution in [1.82, 2.24) is 0 Å². The minimum absolute atomic E-state index is 0.358. The Hall–Kier alpha value is -0.590. The number of aliphatic hydroxyl groups is 2. The van der Waals surface area contributed by atoms with Crippen LogP contribution in [-0.2, 0) is 0 Å². The first kappa shape index (κ1) is 7.52. The van der Waals surface area contributed by atoms with Gasteiger partial charge in [-0.2, -0.15) is 5.26 Å². The lowest BCUT2D eigenvalue weighted by atomic mass is 9.86. The second kappa shape index (κ2) is 3.00. The molecule has 0 aromatic rings. The van der Waals surface area contributed by atoms with Gasteiger partial charge in [-0.3, -0.25) is 0 Å². The monoisotopic (exact) mass is 141 g/mol. The van der Waals surface area contributed by atoms with Crippen molar-refractivity contribution in [3.05, 3.63) is 0 Å². The standard InChI is InChI=1S/C7H11NO2/c8-4-5-2-1-3-6(9)7(5)10/h5-7,9-10H,1-3H2/t5-,6+,7-/m0/s1. The zero-order valence-corrected chi connectivity index (χ0v) is 5.70. The predicted molar refractivity (Wildman–Crippen MR) is 35.0 cm³/mol. The Labute approximate surface area is 59.9 Å². The summed E-state index contributed by atoms with van der Waals surface area (Å²) in [5, 5.41) is 26.7. The van der Waals surface area contributed by atoms with Crippen LogP contribution < -0.4 is 0 Å². The van der Waals surface area contributed by atoms with E-state index in [-0.39, 0.29) is 5.92 Å². The van der Waals surface area contributed by atoms with Crippen LogP contribution in [0.1, 0.15) is 19.3 Å². The Morgan fingerprint density at radius 2 is 2.00 bits per heavy atom. The van der Waals surface area contributed by atoms with Gasteiger partial charge in [0.2, 0.25) is 0 Å². The van der Waals surface area contributed by atoms with E-state index >= 15 is 0 Å². The van der Waals surface area contributed by atoms with Crippen LogP contribution >= 0.6 is 0 Å². The highest BCUT2D eigenvalue weighted by Gasteiger charge is 2.29. The summed E-state index contributed by atoms with van der Waals surface area (Å²) in [6.45, 7) is 0. The third-order valence-electron chi connectivity index (χ3n) is 1.99. The molecule has 0 aliphatic heterocycles. The molecule has 0 aromatic heterocycles. The third-order valence-corrected chi connectivity index (χ3v) is 1.99. The van der Waals surface area contributed by atoms with Gasteiger partial charge in [0.05, 0.1) is 24.2 Å². The molecule has 3 nitrogen and oxygen atoms in total. The van der Waals surface area contributed by atoms with Gasteiger partial charge in [-0.25, -0.2) is 0 Å². The van der Waals surface area contributed by atoms with Gasteiger partial charge in [-0.1, -0.05) is 0 Å². The van der Waals surface area contributed by atoms with Crippen LogP contribution in [0.4, 0.5) is 0 Å². The predicted octanol–water partition coefficient (Wildman–Crippen LogP) is 0.0319. The highest BCUT2D eigenvalue weighted by molar-refractivity contribution is 4.94. The molecule has 1 aliphatic rings. The molecule has 0 heterocycles. The zero-order valence-electron chi connectivity index (χ0n) is 5.70. The van der Waals surface area contributed by atoms with Crippen molar-refractivity contribution in [2.45, 2.75) is 31.5 Å². The molecule has 1 fully saturated rings. The van der Waals surface area contributed by atoms with Crippen LogP contribution in [-0.4, -0.2) is 22.4 Å². The van der Waals surface area contributed by atoms with E-state index in [1.807, 2.05) is 6.07 Å². The van der Waals surface area contributed by atoms with Crippen LogP contribution in [0, 0.1) is 17.2 Å². The van der Waals surface area contributed by atoms with Gasteiger partial charge in [0.15, 0.2) is 0 Å². The summed E-state index contributed by atoms with van der Waals surface area (Å²) in [6.07, 6.45) is 0.682. The molecular weight excluding hydrogens is 130 g/mol. The molecule has 3 atom stereocenters. The molecular formula is C7H11NO2. The van der Waals surface area contributed by atoms with Gasteiger partial charge in [-0.05, 0) is 19.3 Å². The first-order chi connectivity index (χ1) is 4.75. The Balaban J connectivity index is 2.53. The largest absolute Gasteiger partial charge is 0.390 e. The van der Waals surface area contributed by atoms with Gasteiger partial charge in [0, 0.05) is 0 Å². The summed E-state index contributed by atoms with van der Waals surface area (Å²) in [7, 11) is 0. The van der Waals surface area contributed by atoms with E-state index in [0.717, 1.165) is 6.42 Å². The van der Waals surface area contributed by atoms with Gasteiger partial charge >= 0.3 is 0 Å². The van der Waals surface area contributed by atoms with E-state index in [0.29, 0.717) is 12.8 Å². The fraction of sp³-hybridized carbons (Fsp3) is 0.857. The highest BCUT2D eigenvalue weighted by atomic mass is 16.3. The van der Waals surface area contributed by atoms with Crippen molar-refractivity contribution in [3.63, 3.8) is 0 Å². The third kappa shape index (κ3) is 1.28. The van der Waals surface area contributed by atoms with Crippen LogP contribution in [0.3, 0.4) is 0 Å². The fourth-order valence-corrected chi connectivity index (χ4v) is 1.30. The van der Waals surface area contributed by atoms with E-state index in [2.05, 4.69) is 0 Å². The molecule has 56 valence electrons. The van der Waals surface area contributed by atoms with Crippen molar-refractivity contribution in [3.8, 4) is 6.07 Å². The Morgan fingerprint density at radius 1 is 1.30 bits per heavy atom. The molecule has 0 saturated heterocycles. The van der Waals surface area contributed by atoms with Crippen LogP contribution in [0.25, 0.3) is 0 Å². The SMILES string of the molecule is N#C[C@@H]1CCC[C@@H](O)[C@H]1O. The Morgan fingerprint density at radius 3 is 2.50 bits per heavy atom. The lowest BCUT2D eigenvalue weighted by Gasteiger charge is -2.26. The van der Waals surface area contributed by atoms with Gasteiger partial charge in [-0.15, -0.1) is 0 Å². The van der Waals surface area contributed by atoms with Gasteiger partial charge < -0.3 is 10.2 Å². The molecule has 3 heteroatoms. The summed E-state index contributed by atoms with van der Waals surface area (Å²) in [4.78, 5) is 0. The number of nitriles is 1. The second-order valence-electron chi connectivity index (χ2n) is 2.72. The number of hydrogen-bond acceptors (Lipinski definition) is 3. The Kier molecular flexibility index (Phi) is 2.25. The molecule has 1 aliphatic carbocycles. The lowest BCUT2D eigenvalue weighted by Crippen LogP contribution is -2.36. The Bertz CT molecular complexity index is 152. The van der Waals surface area contributed by atoms with Crippen LogP contribution in [0.2, 0.25) is 0 Å². The summed E-state index contributed by atoms with van der Waals surface area (Å²) in [6, 6.07) is 1.97. The molecule has 10 heavy (non-hydrogen) atoms. The first-order valence-electron chi connectivity index (χ1n) is 3.51. The smallest absolute Gasteiger partial charge is 0.0956 e. The molecule has 1 saturated carbocycles. The fourth-order valence-electron chi connectivity index (χ4n) is 1.30. The van der Waals surface area contributed by atoms with E-state index in [1.54, 1.807) is 0 Å². The summed E-state index contributed by atoms with van der Waals surface area (Å²) in [5.41, 5.74) is 0. The van der Waals surface area contributed by atoms with Crippen LogP contribution in [0.5, 0.6) is 0 Å². The first-order valence-corrected chi connectivity index (χ1v) is 3.51. The second-order valence-corrected chi connectivity index (χ2v) is 2.72. The number of nitrogens with zero attached hydrogens (tertiary/aromatic N) is 1. The van der Waals surface area contributed by atoms with E-state index in [1.165, 1.54) is 0 Å². The minimum Gasteiger partial charge on any atom is -0.390 e. The molecule has 0 spiro atoms. The molecule has 0 unspecified atom stereocenters. The van der Waals surface area contributed by atoms with Gasteiger partial charge in [0.25, 0.3) is 0 Å². The van der Waals surface area contributed by atoms with E-state index < -0.39 is 12.2 Å². The average Bonchev–Trinajstić information content (AvgIpc) is 1.95. The summed E-state index contributed by atoms with van der Waals surface area (Å²) < 4.78 is 0. The van der Waals surface area contributed by atoms with Crippen molar-refractivity contribution in [2.24, 2.45) is 5.92 Å². The maximum atomic E-state index is 9.16. The quantitative estimate of drug-likeness (QED) is 0.500. The number of hydrogen-bond donors (Lipinski definition) is 2. The van der Waals surface area contributed by atoms with E-state index in [9.17, 15) is 0 Å². The minimum atomic E-state index is -0.821. The van der Waals surface area contributed by atoms with Crippen molar-refractivity contribution >= 4 is 0 Å². The normalized spacial score (nSPS) is 40.7. The van der Waals surface area contributed by atoms with Crippen molar-refractivity contribution in [1.29, 1.82) is 5.26 Å². The van der Waals surface area contributed by atoms with Crippen LogP contribution in [0.15, 0.2) is 0 Å². The topological polar surface area (TPSA) is 64.2 Å². The van der Waals surface area contributed by atoms with E-state index in [4.69, 9.17) is 15.5 Å². The molecule has 0 bridgehead atoms. The summed E-state index contributed by atoms with van der Waals surface area (Å²) >= 11 is 0. The molecule has 2 N–H and O–H groups in total. The maximum Gasteiger partial charge on any atom is 0.0956 e. The van der Waals surface area contributed by atoms with Crippen molar-refractivity contribution in [2.75, 3.05) is 0 Å². The maximum absolute atomic E-state index is 9.16. The van der Waals surface area contributed by atoms with Crippen molar-refractivity contribution < 1.29 is 10.2 Å². The molecule has 1 rings (SSSR count). The highest BCUT2D eigenvalue weighted by Crippen LogP contribution is 2.23. The number of aliphatic hydroxyl groups excluding tert-OH is 2. The average molecular weight is 141 g/mol. The zero-order chi connectivity index (χ0) is 7.56. The molecule has 0 aromatic carbocycles. The summed E-state index contributed by atoms with van der Waals surface area (Å²) in [5.74, 6) is -0.358. The molecule has 0 amide bonds. The lowest BCUT2D eigenvalue weighted by molar-refractivity contribution is -0.0293. The van der Waals surface area contributed by atoms with Gasteiger partial charge in [0.1, 0.15) is 0 Å².